The van der Waals surface area contributed by atoms with Crippen molar-refractivity contribution in [3.63, 3.8) is 0 Å². The summed E-state index contributed by atoms with van der Waals surface area (Å²) in [5, 5.41) is 3.01. The minimum atomic E-state index is -3.40. The number of rotatable bonds is 11. The standard InChI is InChI=1S/C25H33BrN2O5S/c1-3-33-23-10-9-19(17-24(23)32-2)7-5-13-27-25(29)21-11-14-28(15-12-21)34(30,31)18-20-6-4-8-22(26)16-20/h4,6,8-10,16-17,21H,3,5,7,11-15,18H2,1-2H3,(H,27,29). The van der Waals surface area contributed by atoms with Gasteiger partial charge in [0.05, 0.1) is 19.5 Å². The predicted octanol–water partition coefficient (Wildman–Crippen LogP) is 4.15. The van der Waals surface area contributed by atoms with Crippen LogP contribution < -0.4 is 14.8 Å². The van der Waals surface area contributed by atoms with Crippen LogP contribution in [0.2, 0.25) is 0 Å². The second-order valence-corrected chi connectivity index (χ2v) is 11.3. The number of nitrogens with zero attached hydrogens (tertiary/aromatic N) is 1. The van der Waals surface area contributed by atoms with Crippen molar-refractivity contribution in [2.75, 3.05) is 33.4 Å². The molecule has 0 bridgehead atoms. The van der Waals surface area contributed by atoms with E-state index < -0.39 is 10.0 Å². The molecule has 2 aromatic carbocycles. The highest BCUT2D eigenvalue weighted by atomic mass is 79.9. The number of halogens is 1. The quantitative estimate of drug-likeness (QED) is 0.423. The number of sulfonamides is 1. The number of nitrogens with one attached hydrogen (secondary N) is 1. The number of hydrogen-bond acceptors (Lipinski definition) is 5. The van der Waals surface area contributed by atoms with E-state index in [0.29, 0.717) is 44.8 Å². The largest absolute Gasteiger partial charge is 0.493 e. The number of carbonyl (C=O) groups excluding carboxylic acids is 1. The average molecular weight is 554 g/mol. The summed E-state index contributed by atoms with van der Waals surface area (Å²) < 4.78 is 38.9. The fraction of sp³-hybridized carbons (Fsp3) is 0.480. The lowest BCUT2D eigenvalue weighted by atomic mass is 9.97. The number of methoxy groups -OCH3 is 1. The summed E-state index contributed by atoms with van der Waals surface area (Å²) in [6.07, 6.45) is 2.71. The molecule has 1 saturated heterocycles. The summed E-state index contributed by atoms with van der Waals surface area (Å²) >= 11 is 3.38. The number of benzene rings is 2. The van der Waals surface area contributed by atoms with Gasteiger partial charge in [0.1, 0.15) is 0 Å². The number of amides is 1. The highest BCUT2D eigenvalue weighted by Crippen LogP contribution is 2.28. The molecule has 0 radical (unpaired) electrons. The maximum absolute atomic E-state index is 12.8. The van der Waals surface area contributed by atoms with E-state index in [1.807, 2.05) is 49.4 Å². The predicted molar refractivity (Wildman–Crippen MR) is 137 cm³/mol. The number of carbonyl (C=O) groups is 1. The zero-order chi connectivity index (χ0) is 24.6. The molecule has 1 aliphatic rings. The molecular formula is C25H33BrN2O5S. The highest BCUT2D eigenvalue weighted by molar-refractivity contribution is 9.10. The molecule has 2 aromatic rings. The van der Waals surface area contributed by atoms with Crippen LogP contribution in [0.3, 0.4) is 0 Å². The van der Waals surface area contributed by atoms with Gasteiger partial charge in [0.25, 0.3) is 0 Å². The minimum absolute atomic E-state index is 0.00770. The minimum Gasteiger partial charge on any atom is -0.493 e. The zero-order valence-corrected chi connectivity index (χ0v) is 22.2. The van der Waals surface area contributed by atoms with Crippen LogP contribution in [0.4, 0.5) is 0 Å². The molecule has 1 amide bonds. The Balaban J connectivity index is 1.41. The molecule has 1 N–H and O–H groups in total. The normalized spacial score (nSPS) is 15.1. The molecule has 0 unspecified atom stereocenters. The Morgan fingerprint density at radius 1 is 1.12 bits per heavy atom. The first kappa shape index (κ1) is 26.5. The Bertz CT molecular complexity index is 1070. The second-order valence-electron chi connectivity index (χ2n) is 8.37. The van der Waals surface area contributed by atoms with Crippen LogP contribution in [0.5, 0.6) is 11.5 Å². The fourth-order valence-corrected chi connectivity index (χ4v) is 6.11. The number of ether oxygens (including phenoxy) is 2. The van der Waals surface area contributed by atoms with Crippen LogP contribution in [0.1, 0.15) is 37.3 Å². The monoisotopic (exact) mass is 552 g/mol. The lowest BCUT2D eigenvalue weighted by Crippen LogP contribution is -2.43. The Morgan fingerprint density at radius 2 is 1.88 bits per heavy atom. The van der Waals surface area contributed by atoms with Crippen LogP contribution in [0, 0.1) is 5.92 Å². The summed E-state index contributed by atoms with van der Waals surface area (Å²) in [6.45, 7) is 3.84. The molecule has 0 spiro atoms. The third-order valence-electron chi connectivity index (χ3n) is 5.93. The van der Waals surface area contributed by atoms with Gasteiger partial charge in [0, 0.05) is 30.0 Å². The Labute approximate surface area is 211 Å². The third kappa shape index (κ3) is 7.45. The summed E-state index contributed by atoms with van der Waals surface area (Å²) in [5.74, 6) is 1.27. The van der Waals surface area contributed by atoms with E-state index in [4.69, 9.17) is 9.47 Å². The van der Waals surface area contributed by atoms with Gasteiger partial charge in [-0.25, -0.2) is 12.7 Å². The summed E-state index contributed by atoms with van der Waals surface area (Å²) in [7, 11) is -1.78. The molecule has 9 heteroatoms. The van der Waals surface area contributed by atoms with Gasteiger partial charge in [0.15, 0.2) is 11.5 Å². The SMILES string of the molecule is CCOc1ccc(CCCNC(=O)C2CCN(S(=O)(=O)Cc3cccc(Br)c3)CC2)cc1OC. The van der Waals surface area contributed by atoms with Crippen LogP contribution in [0.25, 0.3) is 0 Å². The Morgan fingerprint density at radius 3 is 2.56 bits per heavy atom. The molecule has 0 saturated carbocycles. The fourth-order valence-electron chi connectivity index (χ4n) is 4.12. The molecule has 34 heavy (non-hydrogen) atoms. The molecule has 0 aromatic heterocycles. The van der Waals surface area contributed by atoms with Gasteiger partial charge in [0.2, 0.25) is 15.9 Å². The molecule has 1 heterocycles. The molecule has 186 valence electrons. The van der Waals surface area contributed by atoms with Crippen molar-refractivity contribution in [1.82, 2.24) is 9.62 Å². The maximum Gasteiger partial charge on any atom is 0.223 e. The van der Waals surface area contributed by atoms with Gasteiger partial charge in [-0.05, 0) is 68.0 Å². The van der Waals surface area contributed by atoms with Gasteiger partial charge in [-0.3, -0.25) is 4.79 Å². The lowest BCUT2D eigenvalue weighted by molar-refractivity contribution is -0.126. The van der Waals surface area contributed by atoms with Gasteiger partial charge in [-0.1, -0.05) is 34.1 Å². The van der Waals surface area contributed by atoms with Gasteiger partial charge in [-0.2, -0.15) is 0 Å². The number of hydrogen-bond donors (Lipinski definition) is 1. The topological polar surface area (TPSA) is 84.9 Å². The summed E-state index contributed by atoms with van der Waals surface area (Å²) in [5.41, 5.74) is 1.87. The Hall–Kier alpha value is -2.10. The second kappa shape index (κ2) is 12.6. The van der Waals surface area contributed by atoms with Gasteiger partial charge >= 0.3 is 0 Å². The van der Waals surface area contributed by atoms with Crippen molar-refractivity contribution < 1.29 is 22.7 Å². The van der Waals surface area contributed by atoms with Crippen molar-refractivity contribution in [3.05, 3.63) is 58.1 Å². The lowest BCUT2D eigenvalue weighted by Gasteiger charge is -2.30. The molecule has 7 nitrogen and oxygen atoms in total. The van der Waals surface area contributed by atoms with E-state index in [9.17, 15) is 13.2 Å². The molecule has 1 fully saturated rings. The van der Waals surface area contributed by atoms with E-state index in [0.717, 1.165) is 34.2 Å². The van der Waals surface area contributed by atoms with E-state index in [1.165, 1.54) is 4.31 Å². The van der Waals surface area contributed by atoms with E-state index in [2.05, 4.69) is 21.2 Å². The van der Waals surface area contributed by atoms with Crippen molar-refractivity contribution in [1.29, 1.82) is 0 Å². The first-order chi connectivity index (χ1) is 16.3. The molecule has 1 aliphatic heterocycles. The first-order valence-corrected chi connectivity index (χ1v) is 14.0. The van der Waals surface area contributed by atoms with Crippen LogP contribution in [-0.4, -0.2) is 52.0 Å². The summed E-state index contributed by atoms with van der Waals surface area (Å²) in [4.78, 5) is 12.6. The zero-order valence-electron chi connectivity index (χ0n) is 19.8. The van der Waals surface area contributed by atoms with Crippen molar-refractivity contribution in [2.45, 2.75) is 38.4 Å². The summed E-state index contributed by atoms with van der Waals surface area (Å²) in [6, 6.07) is 13.2. The van der Waals surface area contributed by atoms with Crippen molar-refractivity contribution in [2.24, 2.45) is 5.92 Å². The smallest absolute Gasteiger partial charge is 0.223 e. The van der Waals surface area contributed by atoms with Crippen LogP contribution in [0.15, 0.2) is 46.9 Å². The number of piperidine rings is 1. The van der Waals surface area contributed by atoms with Crippen molar-refractivity contribution in [3.8, 4) is 11.5 Å². The van der Waals surface area contributed by atoms with Gasteiger partial charge in [-0.15, -0.1) is 0 Å². The van der Waals surface area contributed by atoms with Gasteiger partial charge < -0.3 is 14.8 Å². The van der Waals surface area contributed by atoms with E-state index >= 15 is 0 Å². The van der Waals surface area contributed by atoms with Crippen molar-refractivity contribution >= 4 is 31.9 Å². The van der Waals surface area contributed by atoms with Crippen LogP contribution in [-0.2, 0) is 27.0 Å². The van der Waals surface area contributed by atoms with Crippen LogP contribution >= 0.6 is 15.9 Å². The maximum atomic E-state index is 12.8. The third-order valence-corrected chi connectivity index (χ3v) is 8.27. The van der Waals surface area contributed by atoms with E-state index in [-0.39, 0.29) is 17.6 Å². The highest BCUT2D eigenvalue weighted by Gasteiger charge is 2.31. The molecule has 0 atom stereocenters. The molecule has 3 rings (SSSR count). The molecule has 0 aliphatic carbocycles. The van der Waals surface area contributed by atoms with E-state index in [1.54, 1.807) is 7.11 Å². The average Bonchev–Trinajstić information content (AvgIpc) is 2.82. The first-order valence-electron chi connectivity index (χ1n) is 11.6. The number of aryl methyl sites for hydroxylation is 1. The molecular weight excluding hydrogens is 520 g/mol. The Kier molecular flexibility index (Phi) is 9.79.